The van der Waals surface area contributed by atoms with Gasteiger partial charge < -0.3 is 14.6 Å². The van der Waals surface area contributed by atoms with Gasteiger partial charge in [-0.2, -0.15) is 5.26 Å². The zero-order valence-electron chi connectivity index (χ0n) is 12.6. The largest absolute Gasteiger partial charge is 0.497 e. The molecule has 0 unspecified atom stereocenters. The van der Waals surface area contributed by atoms with Crippen molar-refractivity contribution in [1.29, 1.82) is 5.26 Å². The number of aromatic nitrogens is 1. The highest BCUT2D eigenvalue weighted by Gasteiger charge is 2.29. The van der Waals surface area contributed by atoms with Gasteiger partial charge >= 0.3 is 0 Å². The van der Waals surface area contributed by atoms with Gasteiger partial charge in [-0.25, -0.2) is 0 Å². The average Bonchev–Trinajstić information content (AvgIpc) is 3.03. The van der Waals surface area contributed by atoms with E-state index >= 15 is 0 Å². The van der Waals surface area contributed by atoms with Crippen molar-refractivity contribution in [2.24, 2.45) is 0 Å². The first-order chi connectivity index (χ1) is 10.6. The van der Waals surface area contributed by atoms with Gasteiger partial charge in [0, 0.05) is 12.7 Å². The minimum Gasteiger partial charge on any atom is -0.497 e. The fourth-order valence-corrected chi connectivity index (χ4v) is 2.93. The Balaban J connectivity index is 1.90. The van der Waals surface area contributed by atoms with Gasteiger partial charge in [-0.15, -0.1) is 0 Å². The van der Waals surface area contributed by atoms with E-state index in [1.54, 1.807) is 19.4 Å². The molecule has 3 rings (SSSR count). The van der Waals surface area contributed by atoms with Crippen LogP contribution in [0.25, 0.3) is 0 Å². The number of ether oxygens (including phenoxy) is 1. The quantitative estimate of drug-likeness (QED) is 0.926. The second kappa shape index (κ2) is 5.57. The van der Waals surface area contributed by atoms with Crippen molar-refractivity contribution in [2.45, 2.75) is 19.4 Å². The highest BCUT2D eigenvalue weighted by atomic mass is 16.5. The molecule has 0 saturated carbocycles. The fraction of sp³-hybridized carbons (Fsp3) is 0.294. The molecule has 0 radical (unpaired) electrons. The minimum absolute atomic E-state index is 0.0276. The van der Waals surface area contributed by atoms with Crippen molar-refractivity contribution in [2.75, 3.05) is 13.7 Å². The maximum atomic E-state index is 12.7. The number of aromatic amines is 1. The Morgan fingerprint density at radius 1 is 1.45 bits per heavy atom. The number of carbonyl (C=O) groups excluding carboxylic acids is 1. The van der Waals surface area contributed by atoms with Crippen LogP contribution in [-0.4, -0.2) is 29.4 Å². The van der Waals surface area contributed by atoms with Gasteiger partial charge in [0.05, 0.1) is 18.7 Å². The number of amides is 1. The van der Waals surface area contributed by atoms with E-state index in [4.69, 9.17) is 10.00 Å². The van der Waals surface area contributed by atoms with Gasteiger partial charge in [-0.05, 0) is 42.7 Å². The topological polar surface area (TPSA) is 69.1 Å². The monoisotopic (exact) mass is 295 g/mol. The lowest BCUT2D eigenvalue weighted by Gasteiger charge is -2.35. The molecule has 112 valence electrons. The Morgan fingerprint density at radius 2 is 2.27 bits per heavy atom. The number of fused-ring (bicyclic) bond motifs is 1. The maximum Gasteiger partial charge on any atom is 0.270 e. The summed E-state index contributed by atoms with van der Waals surface area (Å²) in [5.74, 6) is 0.717. The summed E-state index contributed by atoms with van der Waals surface area (Å²) in [5.41, 5.74) is 3.29. The standard InChI is InChI=1S/C17H17N3O2/c1-11-15-8-14(22-2)4-3-13(15)5-6-20(11)17(21)16-7-12(9-18)10-19-16/h3-4,7-8,10-11,19H,5-6H2,1-2H3/t11-/m0/s1. The molecule has 1 aromatic heterocycles. The summed E-state index contributed by atoms with van der Waals surface area (Å²) >= 11 is 0. The summed E-state index contributed by atoms with van der Waals surface area (Å²) in [6.45, 7) is 2.68. The van der Waals surface area contributed by atoms with E-state index in [9.17, 15) is 4.79 Å². The van der Waals surface area contributed by atoms with Crippen LogP contribution in [0.15, 0.2) is 30.5 Å². The molecule has 0 bridgehead atoms. The number of hydrogen-bond acceptors (Lipinski definition) is 3. The van der Waals surface area contributed by atoms with Gasteiger partial charge in [-0.1, -0.05) is 6.07 Å². The van der Waals surface area contributed by atoms with E-state index in [-0.39, 0.29) is 11.9 Å². The number of H-pyrrole nitrogens is 1. The molecule has 5 heteroatoms. The van der Waals surface area contributed by atoms with Gasteiger partial charge in [-0.3, -0.25) is 4.79 Å². The number of hydrogen-bond donors (Lipinski definition) is 1. The van der Waals surface area contributed by atoms with Crippen molar-refractivity contribution in [3.63, 3.8) is 0 Å². The zero-order chi connectivity index (χ0) is 15.7. The summed E-state index contributed by atoms with van der Waals surface area (Å²) in [6, 6.07) is 9.61. The Labute approximate surface area is 129 Å². The lowest BCUT2D eigenvalue weighted by Crippen LogP contribution is -2.39. The number of nitriles is 1. The van der Waals surface area contributed by atoms with Crippen LogP contribution in [0.1, 0.15) is 40.1 Å². The molecule has 0 saturated heterocycles. The third-order valence-corrected chi connectivity index (χ3v) is 4.20. The van der Waals surface area contributed by atoms with E-state index in [0.29, 0.717) is 17.8 Å². The second-order valence-electron chi connectivity index (χ2n) is 5.40. The normalized spacial score (nSPS) is 16.8. The van der Waals surface area contributed by atoms with E-state index < -0.39 is 0 Å². The molecule has 2 aromatic rings. The number of benzene rings is 1. The van der Waals surface area contributed by atoms with Crippen molar-refractivity contribution in [3.8, 4) is 11.8 Å². The maximum absolute atomic E-state index is 12.7. The highest BCUT2D eigenvalue weighted by molar-refractivity contribution is 5.93. The van der Waals surface area contributed by atoms with Crippen LogP contribution in [0.3, 0.4) is 0 Å². The van der Waals surface area contributed by atoms with Gasteiger partial charge in [0.25, 0.3) is 5.91 Å². The molecule has 2 heterocycles. The van der Waals surface area contributed by atoms with Gasteiger partial charge in [0.1, 0.15) is 17.5 Å². The van der Waals surface area contributed by atoms with Gasteiger partial charge in [0.2, 0.25) is 0 Å². The Kier molecular flexibility index (Phi) is 3.60. The zero-order valence-corrected chi connectivity index (χ0v) is 12.6. The third-order valence-electron chi connectivity index (χ3n) is 4.20. The number of nitrogens with one attached hydrogen (secondary N) is 1. The lowest BCUT2D eigenvalue weighted by molar-refractivity contribution is 0.0672. The molecular formula is C17H17N3O2. The SMILES string of the molecule is COc1ccc2c(c1)[C@H](C)N(C(=O)c1cc(C#N)c[nH]1)CC2. The number of carbonyl (C=O) groups is 1. The second-order valence-corrected chi connectivity index (χ2v) is 5.40. The molecule has 1 amide bonds. The van der Waals surface area contributed by atoms with Crippen molar-refractivity contribution >= 4 is 5.91 Å². The number of methoxy groups -OCH3 is 1. The first-order valence-electron chi connectivity index (χ1n) is 7.20. The van der Waals surface area contributed by atoms with Crippen LogP contribution in [0.4, 0.5) is 0 Å². The predicted octanol–water partition coefficient (Wildman–Crippen LogP) is 2.65. The summed E-state index contributed by atoms with van der Waals surface area (Å²) < 4.78 is 5.28. The molecule has 1 aliphatic rings. The summed E-state index contributed by atoms with van der Waals surface area (Å²) in [7, 11) is 1.64. The summed E-state index contributed by atoms with van der Waals surface area (Å²) in [5, 5.41) is 8.87. The van der Waals surface area contributed by atoms with E-state index in [1.165, 1.54) is 5.56 Å². The Hall–Kier alpha value is -2.74. The first-order valence-corrected chi connectivity index (χ1v) is 7.20. The molecule has 1 atom stereocenters. The summed E-state index contributed by atoms with van der Waals surface area (Å²) in [4.78, 5) is 17.4. The predicted molar refractivity (Wildman–Crippen MR) is 81.7 cm³/mol. The Bertz CT molecular complexity index is 758. The number of rotatable bonds is 2. The molecule has 1 aliphatic heterocycles. The van der Waals surface area contributed by atoms with Crippen molar-refractivity contribution < 1.29 is 9.53 Å². The molecule has 22 heavy (non-hydrogen) atoms. The van der Waals surface area contributed by atoms with Crippen LogP contribution < -0.4 is 4.74 Å². The van der Waals surface area contributed by atoms with Crippen molar-refractivity contribution in [3.05, 3.63) is 52.8 Å². The molecule has 1 N–H and O–H groups in total. The highest BCUT2D eigenvalue weighted by Crippen LogP contribution is 2.32. The molecule has 5 nitrogen and oxygen atoms in total. The smallest absolute Gasteiger partial charge is 0.270 e. The fourth-order valence-electron chi connectivity index (χ4n) is 2.93. The van der Waals surface area contributed by atoms with Crippen LogP contribution in [0.2, 0.25) is 0 Å². The van der Waals surface area contributed by atoms with Crippen LogP contribution in [0, 0.1) is 11.3 Å². The van der Waals surface area contributed by atoms with E-state index in [2.05, 4.69) is 11.1 Å². The molecule has 0 spiro atoms. The van der Waals surface area contributed by atoms with E-state index in [1.807, 2.05) is 30.0 Å². The first kappa shape index (κ1) is 14.2. The third kappa shape index (κ3) is 2.33. The van der Waals surface area contributed by atoms with Crippen LogP contribution >= 0.6 is 0 Å². The van der Waals surface area contributed by atoms with Gasteiger partial charge in [0.15, 0.2) is 0 Å². The van der Waals surface area contributed by atoms with Crippen LogP contribution in [0.5, 0.6) is 5.75 Å². The lowest BCUT2D eigenvalue weighted by atomic mass is 9.93. The summed E-state index contributed by atoms with van der Waals surface area (Å²) in [6.07, 6.45) is 2.38. The van der Waals surface area contributed by atoms with Crippen LogP contribution in [-0.2, 0) is 6.42 Å². The van der Waals surface area contributed by atoms with Crippen molar-refractivity contribution in [1.82, 2.24) is 9.88 Å². The molecule has 0 fully saturated rings. The molecular weight excluding hydrogens is 278 g/mol. The minimum atomic E-state index is -0.0810. The Morgan fingerprint density at radius 3 is 2.95 bits per heavy atom. The average molecular weight is 295 g/mol. The molecule has 1 aromatic carbocycles. The number of nitrogens with zero attached hydrogens (tertiary/aromatic N) is 2. The molecule has 0 aliphatic carbocycles. The van der Waals surface area contributed by atoms with E-state index in [0.717, 1.165) is 17.7 Å².